The van der Waals surface area contributed by atoms with Gasteiger partial charge in [-0.1, -0.05) is 36.1 Å². The van der Waals surface area contributed by atoms with Gasteiger partial charge in [0.05, 0.1) is 18.8 Å². The van der Waals surface area contributed by atoms with Crippen molar-refractivity contribution in [2.75, 3.05) is 32.8 Å². The van der Waals surface area contributed by atoms with Crippen LogP contribution >= 0.6 is 0 Å². The predicted octanol–water partition coefficient (Wildman–Crippen LogP) is 5.22. The van der Waals surface area contributed by atoms with E-state index in [1.165, 1.54) is 5.39 Å². The summed E-state index contributed by atoms with van der Waals surface area (Å²) in [6.45, 7) is 5.45. The number of morpholine rings is 1. The third-order valence-electron chi connectivity index (χ3n) is 7.01. The Hall–Kier alpha value is -4.31. The minimum absolute atomic E-state index is 0.241. The first-order valence-electron chi connectivity index (χ1n) is 12.5. The van der Waals surface area contributed by atoms with Crippen molar-refractivity contribution in [3.63, 3.8) is 0 Å². The fraction of sp³-hybridized carbons (Fsp3) is 0.194. The molecule has 3 aromatic carbocycles. The van der Waals surface area contributed by atoms with Crippen molar-refractivity contribution >= 4 is 27.8 Å². The molecule has 3 heterocycles. The average molecular weight is 490 g/mol. The second-order valence-corrected chi connectivity index (χ2v) is 9.30. The summed E-state index contributed by atoms with van der Waals surface area (Å²) in [7, 11) is 0. The number of aromatic amines is 1. The molecule has 0 aliphatic carbocycles. The molecular weight excluding hydrogens is 462 g/mol. The van der Waals surface area contributed by atoms with Crippen molar-refractivity contribution in [1.82, 2.24) is 14.5 Å². The molecule has 2 aromatic heterocycles. The van der Waals surface area contributed by atoms with Crippen LogP contribution < -0.4 is 0 Å². The van der Waals surface area contributed by atoms with Crippen LogP contribution in [0.2, 0.25) is 0 Å². The summed E-state index contributed by atoms with van der Waals surface area (Å²) in [5, 5.41) is 12.2. The number of carboxylic acids is 1. The van der Waals surface area contributed by atoms with Crippen LogP contribution in [0.3, 0.4) is 0 Å². The molecule has 6 nitrogen and oxygen atoms in total. The number of nitrogens with one attached hydrogen (secondary N) is 1. The molecule has 0 bridgehead atoms. The Kier molecular flexibility index (Phi) is 6.23. The van der Waals surface area contributed by atoms with E-state index in [1.807, 2.05) is 42.6 Å². The van der Waals surface area contributed by atoms with Crippen molar-refractivity contribution < 1.29 is 14.6 Å². The van der Waals surface area contributed by atoms with Crippen LogP contribution in [0.1, 0.15) is 21.5 Å². The quantitative estimate of drug-likeness (QED) is 0.332. The summed E-state index contributed by atoms with van der Waals surface area (Å²) in [5.41, 5.74) is 5.39. The Morgan fingerprint density at radius 3 is 2.68 bits per heavy atom. The number of fused-ring (bicyclic) bond motifs is 2. The molecule has 1 aliphatic rings. The summed E-state index contributed by atoms with van der Waals surface area (Å²) in [5.74, 6) is 5.60. The zero-order chi connectivity index (χ0) is 25.2. The maximum atomic E-state index is 12.1. The molecule has 37 heavy (non-hydrogen) atoms. The topological polar surface area (TPSA) is 70.5 Å². The van der Waals surface area contributed by atoms with Crippen LogP contribution in [0.15, 0.2) is 79.1 Å². The number of rotatable bonds is 5. The number of carboxylic acid groups (broad SMARTS) is 1. The Morgan fingerprint density at radius 1 is 0.946 bits per heavy atom. The van der Waals surface area contributed by atoms with E-state index >= 15 is 0 Å². The molecule has 1 fully saturated rings. The lowest BCUT2D eigenvalue weighted by atomic mass is 9.93. The molecule has 0 spiro atoms. The first-order valence-corrected chi connectivity index (χ1v) is 12.5. The molecule has 2 N–H and O–H groups in total. The van der Waals surface area contributed by atoms with Crippen LogP contribution in [0.5, 0.6) is 0 Å². The van der Waals surface area contributed by atoms with E-state index in [4.69, 9.17) is 4.74 Å². The monoisotopic (exact) mass is 489 g/mol. The molecular formula is C31H27N3O3. The SMILES string of the molecule is O=C(O)c1cccc(C#Cc2ccc3ccn(CCN4CCOCC4)c3c2)c1-c1ccc2cc[nH]c2c1. The molecule has 1 aliphatic heterocycles. The van der Waals surface area contributed by atoms with Crippen LogP contribution in [-0.2, 0) is 11.3 Å². The predicted molar refractivity (Wildman–Crippen MR) is 146 cm³/mol. The first kappa shape index (κ1) is 23.1. The number of ether oxygens (including phenoxy) is 1. The van der Waals surface area contributed by atoms with Crippen molar-refractivity contribution in [3.8, 4) is 23.0 Å². The highest BCUT2D eigenvalue weighted by Gasteiger charge is 2.16. The van der Waals surface area contributed by atoms with Crippen molar-refractivity contribution in [2.45, 2.75) is 6.54 Å². The molecule has 0 atom stereocenters. The third-order valence-corrected chi connectivity index (χ3v) is 7.01. The standard InChI is InChI=1S/C31H27N3O3/c35-31(36)27-3-1-2-25(30(27)26-9-8-23-10-12-32-28(23)21-26)7-5-22-4-6-24-11-13-34(29(24)20-22)15-14-33-16-18-37-19-17-33/h1-4,6,8-13,20-21,32H,14-19H2,(H,35,36). The zero-order valence-corrected chi connectivity index (χ0v) is 20.4. The number of hydrogen-bond acceptors (Lipinski definition) is 3. The van der Waals surface area contributed by atoms with Gasteiger partial charge >= 0.3 is 5.97 Å². The van der Waals surface area contributed by atoms with Crippen molar-refractivity contribution in [1.29, 1.82) is 0 Å². The Bertz CT molecular complexity index is 1660. The molecule has 0 saturated carbocycles. The zero-order valence-electron chi connectivity index (χ0n) is 20.4. The number of nitrogens with zero attached hydrogens (tertiary/aromatic N) is 2. The van der Waals surface area contributed by atoms with E-state index < -0.39 is 5.97 Å². The highest BCUT2D eigenvalue weighted by molar-refractivity contribution is 5.99. The van der Waals surface area contributed by atoms with Gasteiger partial charge in [0.2, 0.25) is 0 Å². The fourth-order valence-corrected chi connectivity index (χ4v) is 5.02. The van der Waals surface area contributed by atoms with Gasteiger partial charge in [-0.2, -0.15) is 0 Å². The van der Waals surface area contributed by atoms with Crippen LogP contribution in [-0.4, -0.2) is 58.4 Å². The maximum Gasteiger partial charge on any atom is 0.336 e. The summed E-state index contributed by atoms with van der Waals surface area (Å²) < 4.78 is 7.74. The summed E-state index contributed by atoms with van der Waals surface area (Å²) in [4.78, 5) is 17.7. The lowest BCUT2D eigenvalue weighted by Gasteiger charge is -2.26. The minimum Gasteiger partial charge on any atom is -0.478 e. The third kappa shape index (κ3) is 4.75. The van der Waals surface area contributed by atoms with Crippen molar-refractivity contribution in [3.05, 3.63) is 95.8 Å². The van der Waals surface area contributed by atoms with Crippen LogP contribution in [0, 0.1) is 11.8 Å². The molecule has 0 radical (unpaired) electrons. The van der Waals surface area contributed by atoms with Gasteiger partial charge in [0.25, 0.3) is 0 Å². The normalized spacial score (nSPS) is 14.1. The minimum atomic E-state index is -0.968. The van der Waals surface area contributed by atoms with E-state index in [1.54, 1.807) is 12.1 Å². The van der Waals surface area contributed by atoms with Gasteiger partial charge < -0.3 is 19.4 Å². The van der Waals surface area contributed by atoms with Gasteiger partial charge in [0.1, 0.15) is 0 Å². The average Bonchev–Trinajstić information content (AvgIpc) is 3.57. The number of aromatic carboxylic acids is 1. The number of H-pyrrole nitrogens is 1. The van der Waals surface area contributed by atoms with E-state index in [0.717, 1.165) is 66.9 Å². The van der Waals surface area contributed by atoms with E-state index in [0.29, 0.717) is 11.1 Å². The fourth-order valence-electron chi connectivity index (χ4n) is 5.02. The number of aromatic nitrogens is 2. The molecule has 6 rings (SSSR count). The van der Waals surface area contributed by atoms with Gasteiger partial charge in [0.15, 0.2) is 0 Å². The highest BCUT2D eigenvalue weighted by Crippen LogP contribution is 2.30. The Labute approximate surface area is 215 Å². The molecule has 0 amide bonds. The van der Waals surface area contributed by atoms with Gasteiger partial charge in [-0.15, -0.1) is 0 Å². The Balaban J connectivity index is 1.34. The second-order valence-electron chi connectivity index (χ2n) is 9.30. The molecule has 6 heteroatoms. The second kappa shape index (κ2) is 9.98. The number of hydrogen-bond donors (Lipinski definition) is 2. The largest absolute Gasteiger partial charge is 0.478 e. The van der Waals surface area contributed by atoms with Crippen molar-refractivity contribution in [2.24, 2.45) is 0 Å². The van der Waals surface area contributed by atoms with Gasteiger partial charge in [-0.3, -0.25) is 4.90 Å². The number of carbonyl (C=O) groups is 1. The van der Waals surface area contributed by atoms with Crippen LogP contribution in [0.25, 0.3) is 32.9 Å². The van der Waals surface area contributed by atoms with Gasteiger partial charge in [0, 0.05) is 66.3 Å². The molecule has 5 aromatic rings. The first-order chi connectivity index (χ1) is 18.2. The summed E-state index contributed by atoms with van der Waals surface area (Å²) >= 11 is 0. The van der Waals surface area contributed by atoms with E-state index in [2.05, 4.69) is 50.7 Å². The van der Waals surface area contributed by atoms with E-state index in [9.17, 15) is 9.90 Å². The van der Waals surface area contributed by atoms with E-state index in [-0.39, 0.29) is 5.56 Å². The smallest absolute Gasteiger partial charge is 0.336 e. The van der Waals surface area contributed by atoms with Gasteiger partial charge in [-0.05, 0) is 58.8 Å². The highest BCUT2D eigenvalue weighted by atomic mass is 16.5. The maximum absolute atomic E-state index is 12.1. The number of benzene rings is 3. The summed E-state index contributed by atoms with van der Waals surface area (Å²) in [6.07, 6.45) is 4.01. The molecule has 184 valence electrons. The summed E-state index contributed by atoms with van der Waals surface area (Å²) in [6, 6.07) is 21.6. The molecule has 1 saturated heterocycles. The van der Waals surface area contributed by atoms with Crippen LogP contribution in [0.4, 0.5) is 0 Å². The molecule has 0 unspecified atom stereocenters. The van der Waals surface area contributed by atoms with Gasteiger partial charge in [-0.25, -0.2) is 4.79 Å². The Morgan fingerprint density at radius 2 is 1.81 bits per heavy atom. The lowest BCUT2D eigenvalue weighted by Crippen LogP contribution is -2.38. The lowest BCUT2D eigenvalue weighted by molar-refractivity contribution is 0.0365.